The molecule has 0 heterocycles. The summed E-state index contributed by atoms with van der Waals surface area (Å²) < 4.78 is 65.5. The minimum Gasteiger partial charge on any atom is -0.506 e. The number of halogens is 4. The second-order valence-electron chi connectivity index (χ2n) is 8.92. The van der Waals surface area contributed by atoms with Gasteiger partial charge in [0.05, 0.1) is 5.56 Å². The fraction of sp³-hybridized carbons (Fsp3) is 0.417. The third kappa shape index (κ3) is 7.10. The number of ether oxygens (including phenoxy) is 2. The van der Waals surface area contributed by atoms with Crippen molar-refractivity contribution in [3.05, 3.63) is 58.4 Å². The lowest BCUT2D eigenvalue weighted by atomic mass is 9.97. The smallest absolute Gasteiger partial charge is 0.423 e. The number of aromatic hydroxyl groups is 1. The number of benzene rings is 2. The van der Waals surface area contributed by atoms with Gasteiger partial charge in [0.15, 0.2) is 5.78 Å². The van der Waals surface area contributed by atoms with Crippen LogP contribution in [0.5, 0.6) is 11.5 Å². The van der Waals surface area contributed by atoms with Gasteiger partial charge in [0.2, 0.25) is 0 Å². The topological polar surface area (TPSA) is 84.9 Å². The molecule has 2 aromatic rings. The van der Waals surface area contributed by atoms with Crippen LogP contribution in [0.2, 0.25) is 0 Å². The molecule has 0 aliphatic carbocycles. The zero-order valence-corrected chi connectivity index (χ0v) is 19.5. The van der Waals surface area contributed by atoms with Crippen molar-refractivity contribution in [3.63, 3.8) is 0 Å². The molecule has 186 valence electrons. The predicted octanol–water partition coefficient (Wildman–Crippen LogP) is 5.99. The summed E-state index contributed by atoms with van der Waals surface area (Å²) in [6.45, 7) is 7.49. The Hall–Kier alpha value is -3.30. The molecule has 2 aromatic carbocycles. The molecular weight excluding hydrogens is 458 g/mol. The van der Waals surface area contributed by atoms with Crippen LogP contribution in [0.4, 0.5) is 22.4 Å². The second-order valence-corrected chi connectivity index (χ2v) is 8.92. The van der Waals surface area contributed by atoms with Crippen LogP contribution in [0.1, 0.15) is 61.7 Å². The monoisotopic (exact) mass is 485 g/mol. The lowest BCUT2D eigenvalue weighted by Gasteiger charge is -2.20. The van der Waals surface area contributed by atoms with Crippen molar-refractivity contribution in [2.24, 2.45) is 5.92 Å². The molecule has 0 aliphatic heterocycles. The van der Waals surface area contributed by atoms with Gasteiger partial charge in [-0.2, -0.15) is 13.2 Å². The molecular formula is C24H27F4NO5. The largest absolute Gasteiger partial charge is 0.506 e. The number of alkyl halides is 3. The predicted molar refractivity (Wildman–Crippen MR) is 116 cm³/mol. The highest BCUT2D eigenvalue weighted by molar-refractivity contribution is 6.00. The van der Waals surface area contributed by atoms with E-state index in [9.17, 15) is 32.3 Å². The van der Waals surface area contributed by atoms with Gasteiger partial charge in [-0.3, -0.25) is 4.79 Å². The van der Waals surface area contributed by atoms with Crippen molar-refractivity contribution in [1.29, 1.82) is 0 Å². The standard InChI is InChI=1S/C24H27F4NO5/c1-13(2)20(30)16-8-9-18(19(21(16)31)24(26,27)28)33-12-15-7-6-14(10-17(15)25)11-29-22(32)34-23(3,4)5/h6-10,13,31H,11-12H2,1-5H3,(H,29,32). The summed E-state index contributed by atoms with van der Waals surface area (Å²) in [6.07, 6.45) is -5.69. The molecule has 10 heteroatoms. The summed E-state index contributed by atoms with van der Waals surface area (Å²) in [5.41, 5.74) is -2.31. The fourth-order valence-electron chi connectivity index (χ4n) is 2.94. The van der Waals surface area contributed by atoms with Gasteiger partial charge >= 0.3 is 12.3 Å². The van der Waals surface area contributed by atoms with E-state index in [0.29, 0.717) is 5.56 Å². The highest BCUT2D eigenvalue weighted by Crippen LogP contribution is 2.44. The molecule has 0 saturated heterocycles. The highest BCUT2D eigenvalue weighted by atomic mass is 19.4. The van der Waals surface area contributed by atoms with E-state index in [0.717, 1.165) is 18.2 Å². The summed E-state index contributed by atoms with van der Waals surface area (Å²) in [5, 5.41) is 12.6. The van der Waals surface area contributed by atoms with Crippen LogP contribution in [0.25, 0.3) is 0 Å². The third-order valence-corrected chi connectivity index (χ3v) is 4.55. The first-order chi connectivity index (χ1) is 15.6. The Morgan fingerprint density at radius 1 is 1.09 bits per heavy atom. The van der Waals surface area contributed by atoms with Crippen LogP contribution in [0.15, 0.2) is 30.3 Å². The van der Waals surface area contributed by atoms with E-state index in [4.69, 9.17) is 9.47 Å². The van der Waals surface area contributed by atoms with Gasteiger partial charge in [0.25, 0.3) is 0 Å². The number of amides is 1. The summed E-state index contributed by atoms with van der Waals surface area (Å²) >= 11 is 0. The Kier molecular flexibility index (Phi) is 8.18. The van der Waals surface area contributed by atoms with Crippen molar-refractivity contribution in [1.82, 2.24) is 5.32 Å². The Labute approximate surface area is 194 Å². The molecule has 0 radical (unpaired) electrons. The van der Waals surface area contributed by atoms with Crippen molar-refractivity contribution >= 4 is 11.9 Å². The number of hydrogen-bond acceptors (Lipinski definition) is 5. The van der Waals surface area contributed by atoms with E-state index in [1.54, 1.807) is 20.8 Å². The quantitative estimate of drug-likeness (QED) is 0.372. The van der Waals surface area contributed by atoms with Gasteiger partial charge in [-0.1, -0.05) is 26.0 Å². The van der Waals surface area contributed by atoms with Crippen LogP contribution in [0, 0.1) is 11.7 Å². The molecule has 2 N–H and O–H groups in total. The fourth-order valence-corrected chi connectivity index (χ4v) is 2.94. The molecule has 0 spiro atoms. The number of ketones is 1. The number of nitrogens with one attached hydrogen (secondary N) is 1. The first kappa shape index (κ1) is 26.9. The van der Waals surface area contributed by atoms with Crippen LogP contribution in [0.3, 0.4) is 0 Å². The number of alkyl carbamates (subject to hydrolysis) is 1. The maximum absolute atomic E-state index is 14.5. The van der Waals surface area contributed by atoms with Crippen molar-refractivity contribution in [2.75, 3.05) is 0 Å². The number of carbonyl (C=O) groups is 2. The van der Waals surface area contributed by atoms with Gasteiger partial charge in [0.1, 0.15) is 35.1 Å². The summed E-state index contributed by atoms with van der Waals surface area (Å²) in [7, 11) is 0. The van der Waals surface area contributed by atoms with Crippen LogP contribution in [-0.2, 0) is 24.1 Å². The number of carbonyl (C=O) groups excluding carboxylic acids is 2. The van der Waals surface area contributed by atoms with Crippen molar-refractivity contribution in [3.8, 4) is 11.5 Å². The highest BCUT2D eigenvalue weighted by Gasteiger charge is 2.40. The average Bonchev–Trinajstić information content (AvgIpc) is 2.68. The lowest BCUT2D eigenvalue weighted by Crippen LogP contribution is -2.32. The zero-order valence-electron chi connectivity index (χ0n) is 19.5. The Bertz CT molecular complexity index is 1060. The summed E-state index contributed by atoms with van der Waals surface area (Å²) in [5.74, 6) is -4.01. The number of rotatable bonds is 7. The lowest BCUT2D eigenvalue weighted by molar-refractivity contribution is -0.140. The minimum atomic E-state index is -5.01. The molecule has 34 heavy (non-hydrogen) atoms. The van der Waals surface area contributed by atoms with Crippen molar-refractivity contribution in [2.45, 2.75) is 59.5 Å². The molecule has 1 amide bonds. The SMILES string of the molecule is CC(C)C(=O)c1ccc(OCc2ccc(CNC(=O)OC(C)(C)C)cc2F)c(C(F)(F)F)c1O. The number of Topliss-reactive ketones (excluding diaryl/α,β-unsaturated/α-hetero) is 1. The summed E-state index contributed by atoms with van der Waals surface area (Å²) in [4.78, 5) is 23.8. The van der Waals surface area contributed by atoms with Gasteiger partial charge in [-0.25, -0.2) is 9.18 Å². The zero-order chi connectivity index (χ0) is 25.8. The van der Waals surface area contributed by atoms with Crippen LogP contribution >= 0.6 is 0 Å². The number of phenolic OH excluding ortho intramolecular Hbond substituents is 1. The Morgan fingerprint density at radius 2 is 1.74 bits per heavy atom. The number of hydrogen-bond donors (Lipinski definition) is 2. The first-order valence-corrected chi connectivity index (χ1v) is 10.4. The molecule has 0 aliphatic rings. The molecule has 0 bridgehead atoms. The van der Waals surface area contributed by atoms with E-state index in [-0.39, 0.29) is 12.1 Å². The maximum atomic E-state index is 14.5. The van der Waals surface area contributed by atoms with Crippen LogP contribution in [-0.4, -0.2) is 22.6 Å². The molecule has 6 nitrogen and oxygen atoms in total. The molecule has 0 saturated carbocycles. The van der Waals surface area contributed by atoms with E-state index < -0.39 is 64.6 Å². The van der Waals surface area contributed by atoms with Gasteiger partial charge in [-0.05, 0) is 44.5 Å². The van der Waals surface area contributed by atoms with Crippen molar-refractivity contribution < 1.29 is 41.7 Å². The minimum absolute atomic E-state index is 0.0234. The first-order valence-electron chi connectivity index (χ1n) is 10.4. The van der Waals surface area contributed by atoms with Crippen LogP contribution < -0.4 is 10.1 Å². The van der Waals surface area contributed by atoms with Gasteiger partial charge in [-0.15, -0.1) is 0 Å². The summed E-state index contributed by atoms with van der Waals surface area (Å²) in [6, 6.07) is 5.87. The van der Waals surface area contributed by atoms with Gasteiger partial charge in [0, 0.05) is 18.0 Å². The second kappa shape index (κ2) is 10.3. The third-order valence-electron chi connectivity index (χ3n) is 4.55. The normalized spacial score (nSPS) is 11.9. The molecule has 0 unspecified atom stereocenters. The average molecular weight is 485 g/mol. The number of phenols is 1. The molecule has 0 aromatic heterocycles. The van der Waals surface area contributed by atoms with Gasteiger partial charge < -0.3 is 19.9 Å². The Balaban J connectivity index is 2.18. The van der Waals surface area contributed by atoms with E-state index in [1.165, 1.54) is 26.0 Å². The molecule has 2 rings (SSSR count). The molecule has 0 fully saturated rings. The van der Waals surface area contributed by atoms with E-state index >= 15 is 0 Å². The van der Waals surface area contributed by atoms with E-state index in [1.807, 2.05) is 0 Å². The maximum Gasteiger partial charge on any atom is 0.423 e. The Morgan fingerprint density at radius 3 is 2.26 bits per heavy atom. The molecule has 0 atom stereocenters. The van der Waals surface area contributed by atoms with E-state index in [2.05, 4.69) is 5.32 Å².